The highest BCUT2D eigenvalue weighted by Gasteiger charge is 2.21. The zero-order valence-corrected chi connectivity index (χ0v) is 16.7. The highest BCUT2D eigenvalue weighted by Crippen LogP contribution is 2.27. The Balaban J connectivity index is 1.76. The van der Waals surface area contributed by atoms with Crippen LogP contribution in [0.3, 0.4) is 0 Å². The second-order valence-electron chi connectivity index (χ2n) is 8.00. The van der Waals surface area contributed by atoms with Gasteiger partial charge in [-0.3, -0.25) is 4.79 Å². The van der Waals surface area contributed by atoms with Crippen molar-refractivity contribution in [2.24, 2.45) is 0 Å². The molecule has 1 fully saturated rings. The van der Waals surface area contributed by atoms with Crippen molar-refractivity contribution in [3.63, 3.8) is 0 Å². The summed E-state index contributed by atoms with van der Waals surface area (Å²) in [6.07, 6.45) is 8.83. The van der Waals surface area contributed by atoms with Crippen LogP contribution < -0.4 is 5.32 Å². The van der Waals surface area contributed by atoms with Gasteiger partial charge in [-0.15, -0.1) is 0 Å². The lowest BCUT2D eigenvalue weighted by Crippen LogP contribution is -2.34. The lowest BCUT2D eigenvalue weighted by Gasteiger charge is -2.17. The molecule has 0 radical (unpaired) electrons. The number of amides is 1. The van der Waals surface area contributed by atoms with Crippen LogP contribution in [0.1, 0.15) is 68.8 Å². The van der Waals surface area contributed by atoms with Gasteiger partial charge in [0.05, 0.1) is 22.8 Å². The van der Waals surface area contributed by atoms with Crippen LogP contribution in [0.15, 0.2) is 42.6 Å². The standard InChI is InChI=1S/C23H28N4O/c1-16(2)27-22-20(15-24-27)19(14-21(26-22)17-10-6-5-7-11-17)23(28)25-18-12-8-3-4-9-13-18/h5-7,10-11,14-16,18H,3-4,8-9,12-13H2,1-2H3,(H,25,28). The maximum atomic E-state index is 13.2. The van der Waals surface area contributed by atoms with Gasteiger partial charge in [0.2, 0.25) is 0 Å². The summed E-state index contributed by atoms with van der Waals surface area (Å²) >= 11 is 0. The molecule has 3 aromatic rings. The Kier molecular flexibility index (Phi) is 5.42. The summed E-state index contributed by atoms with van der Waals surface area (Å²) in [7, 11) is 0. The monoisotopic (exact) mass is 376 g/mol. The average Bonchev–Trinajstić information content (AvgIpc) is 2.98. The number of carbonyl (C=O) groups is 1. The first-order valence-electron chi connectivity index (χ1n) is 10.4. The van der Waals surface area contributed by atoms with Crippen molar-refractivity contribution in [1.82, 2.24) is 20.1 Å². The molecule has 1 N–H and O–H groups in total. The van der Waals surface area contributed by atoms with E-state index in [1.165, 1.54) is 25.7 Å². The number of nitrogens with zero attached hydrogens (tertiary/aromatic N) is 3. The van der Waals surface area contributed by atoms with Gasteiger partial charge in [0.1, 0.15) is 0 Å². The van der Waals surface area contributed by atoms with E-state index in [4.69, 9.17) is 4.98 Å². The fourth-order valence-corrected chi connectivity index (χ4v) is 4.03. The fourth-order valence-electron chi connectivity index (χ4n) is 4.03. The minimum Gasteiger partial charge on any atom is -0.349 e. The molecule has 0 bridgehead atoms. The molecule has 28 heavy (non-hydrogen) atoms. The highest BCUT2D eigenvalue weighted by molar-refractivity contribution is 6.06. The Morgan fingerprint density at radius 1 is 1.11 bits per heavy atom. The highest BCUT2D eigenvalue weighted by atomic mass is 16.1. The largest absolute Gasteiger partial charge is 0.349 e. The molecule has 0 unspecified atom stereocenters. The Labute approximate surface area is 166 Å². The summed E-state index contributed by atoms with van der Waals surface area (Å²) in [6.45, 7) is 4.16. The van der Waals surface area contributed by atoms with E-state index in [2.05, 4.69) is 24.3 Å². The molecular formula is C23H28N4O. The van der Waals surface area contributed by atoms with Gasteiger partial charge in [-0.25, -0.2) is 9.67 Å². The normalized spacial score (nSPS) is 15.7. The van der Waals surface area contributed by atoms with Crippen molar-refractivity contribution < 1.29 is 4.79 Å². The number of rotatable bonds is 4. The Morgan fingerprint density at radius 2 is 1.82 bits per heavy atom. The molecule has 0 saturated heterocycles. The second-order valence-corrected chi connectivity index (χ2v) is 8.00. The van der Waals surface area contributed by atoms with E-state index in [1.807, 2.05) is 41.1 Å². The number of hydrogen-bond acceptors (Lipinski definition) is 3. The van der Waals surface area contributed by atoms with Gasteiger partial charge in [0.25, 0.3) is 5.91 Å². The van der Waals surface area contributed by atoms with Gasteiger partial charge in [0, 0.05) is 17.6 Å². The molecule has 2 aromatic heterocycles. The molecule has 1 aromatic carbocycles. The maximum absolute atomic E-state index is 13.2. The van der Waals surface area contributed by atoms with Gasteiger partial charge < -0.3 is 5.32 Å². The predicted octanol–water partition coefficient (Wildman–Crippen LogP) is 5.13. The van der Waals surface area contributed by atoms with E-state index >= 15 is 0 Å². The molecule has 0 spiro atoms. The van der Waals surface area contributed by atoms with E-state index in [0.717, 1.165) is 35.1 Å². The van der Waals surface area contributed by atoms with Crippen molar-refractivity contribution in [3.05, 3.63) is 48.2 Å². The zero-order chi connectivity index (χ0) is 19.5. The molecule has 5 nitrogen and oxygen atoms in total. The summed E-state index contributed by atoms with van der Waals surface area (Å²) in [5, 5.41) is 8.61. The van der Waals surface area contributed by atoms with Crippen molar-refractivity contribution >= 4 is 16.9 Å². The van der Waals surface area contributed by atoms with Crippen LogP contribution in [-0.2, 0) is 0 Å². The van der Waals surface area contributed by atoms with Crippen LogP contribution in [-0.4, -0.2) is 26.7 Å². The minimum absolute atomic E-state index is 0.0141. The Morgan fingerprint density at radius 3 is 2.50 bits per heavy atom. The molecule has 1 aliphatic rings. The van der Waals surface area contributed by atoms with Gasteiger partial charge in [-0.05, 0) is 32.8 Å². The van der Waals surface area contributed by atoms with Crippen molar-refractivity contribution in [1.29, 1.82) is 0 Å². The third-order valence-corrected chi connectivity index (χ3v) is 5.56. The van der Waals surface area contributed by atoms with Gasteiger partial charge >= 0.3 is 0 Å². The van der Waals surface area contributed by atoms with Crippen LogP contribution in [0, 0.1) is 0 Å². The topological polar surface area (TPSA) is 59.8 Å². The second kappa shape index (κ2) is 8.13. The number of pyridine rings is 1. The van der Waals surface area contributed by atoms with E-state index in [-0.39, 0.29) is 18.0 Å². The summed E-state index contributed by atoms with van der Waals surface area (Å²) in [5.41, 5.74) is 3.24. The molecule has 0 atom stereocenters. The van der Waals surface area contributed by atoms with Crippen molar-refractivity contribution in [3.8, 4) is 11.3 Å². The van der Waals surface area contributed by atoms with Crippen LogP contribution in [0.4, 0.5) is 0 Å². The van der Waals surface area contributed by atoms with Gasteiger partial charge in [-0.2, -0.15) is 5.10 Å². The summed E-state index contributed by atoms with van der Waals surface area (Å²) in [5.74, 6) is -0.0141. The fraction of sp³-hybridized carbons (Fsp3) is 0.435. The maximum Gasteiger partial charge on any atom is 0.252 e. The zero-order valence-electron chi connectivity index (χ0n) is 16.7. The summed E-state index contributed by atoms with van der Waals surface area (Å²) in [6, 6.07) is 12.4. The van der Waals surface area contributed by atoms with E-state index < -0.39 is 0 Å². The smallest absolute Gasteiger partial charge is 0.252 e. The SMILES string of the molecule is CC(C)n1ncc2c(C(=O)NC3CCCCCC3)cc(-c3ccccc3)nc21. The van der Waals surface area contributed by atoms with Crippen LogP contribution in [0.2, 0.25) is 0 Å². The third-order valence-electron chi connectivity index (χ3n) is 5.56. The molecule has 1 saturated carbocycles. The molecule has 2 heterocycles. The van der Waals surface area contributed by atoms with Crippen molar-refractivity contribution in [2.45, 2.75) is 64.5 Å². The summed E-state index contributed by atoms with van der Waals surface area (Å²) in [4.78, 5) is 18.1. The number of hydrogen-bond donors (Lipinski definition) is 1. The van der Waals surface area contributed by atoms with Gasteiger partial charge in [0.15, 0.2) is 5.65 Å². The molecule has 1 amide bonds. The summed E-state index contributed by atoms with van der Waals surface area (Å²) < 4.78 is 1.89. The molecule has 0 aliphatic heterocycles. The van der Waals surface area contributed by atoms with E-state index in [1.54, 1.807) is 6.20 Å². The predicted molar refractivity (Wildman–Crippen MR) is 112 cm³/mol. The first kappa shape index (κ1) is 18.7. The molecule has 1 aliphatic carbocycles. The Hall–Kier alpha value is -2.69. The average molecular weight is 377 g/mol. The van der Waals surface area contributed by atoms with Crippen LogP contribution >= 0.6 is 0 Å². The van der Waals surface area contributed by atoms with Crippen LogP contribution in [0.25, 0.3) is 22.3 Å². The lowest BCUT2D eigenvalue weighted by molar-refractivity contribution is 0.0935. The Bertz CT molecular complexity index is 953. The molecule has 5 heteroatoms. The number of nitrogens with one attached hydrogen (secondary N) is 1. The number of carbonyl (C=O) groups excluding carboxylic acids is 1. The van der Waals surface area contributed by atoms with E-state index in [0.29, 0.717) is 5.56 Å². The van der Waals surface area contributed by atoms with Crippen molar-refractivity contribution in [2.75, 3.05) is 0 Å². The van der Waals surface area contributed by atoms with E-state index in [9.17, 15) is 4.79 Å². The first-order valence-corrected chi connectivity index (χ1v) is 10.4. The van der Waals surface area contributed by atoms with Crippen LogP contribution in [0.5, 0.6) is 0 Å². The quantitative estimate of drug-likeness (QED) is 0.642. The molecular weight excluding hydrogens is 348 g/mol. The lowest BCUT2D eigenvalue weighted by atomic mass is 10.0. The first-order chi connectivity index (χ1) is 13.6. The van der Waals surface area contributed by atoms with Gasteiger partial charge in [-0.1, -0.05) is 56.0 Å². The third kappa shape index (κ3) is 3.79. The molecule has 4 rings (SSSR count). The minimum atomic E-state index is -0.0141. The number of aromatic nitrogens is 3. The number of benzene rings is 1. The molecule has 146 valence electrons. The number of fused-ring (bicyclic) bond motifs is 1.